The number of benzene rings is 3. The van der Waals surface area contributed by atoms with Gasteiger partial charge in [0, 0.05) is 169 Å². The number of amides is 6. The molecular formula is C91H118Cl3N23O11S. The number of ether oxygens (including phenoxy) is 3. The highest BCUT2D eigenvalue weighted by molar-refractivity contribution is 7.92. The van der Waals surface area contributed by atoms with Gasteiger partial charge in [0.15, 0.2) is 16.9 Å². The Morgan fingerprint density at radius 3 is 1.12 bits per heavy atom. The number of piperidine rings is 5. The molecule has 1 unspecified atom stereocenters. The topological polar surface area (TPSA) is 349 Å². The van der Waals surface area contributed by atoms with Crippen LogP contribution in [0.15, 0.2) is 91.0 Å². The van der Waals surface area contributed by atoms with E-state index in [-0.39, 0.29) is 71.4 Å². The van der Waals surface area contributed by atoms with Crippen molar-refractivity contribution < 1.29 is 51.4 Å². The summed E-state index contributed by atoms with van der Waals surface area (Å²) >= 11 is 18.9. The number of carbonyl (C=O) groups is 6. The quantitative estimate of drug-likeness (QED) is 0.0580. The second-order valence-electron chi connectivity index (χ2n) is 36.4. The van der Waals surface area contributed by atoms with E-state index in [9.17, 15) is 37.2 Å². The molecule has 38 heteroatoms. The number of nitrogens with zero attached hydrogens (tertiary/aromatic N) is 19. The summed E-state index contributed by atoms with van der Waals surface area (Å²) in [6.07, 6.45) is 15.7. The lowest BCUT2D eigenvalue weighted by Crippen LogP contribution is -2.50. The lowest BCUT2D eigenvalue weighted by atomic mass is 9.98. The third-order valence-electron chi connectivity index (χ3n) is 24.9. The zero-order valence-corrected chi connectivity index (χ0v) is 77.9. The lowest BCUT2D eigenvalue weighted by Gasteiger charge is -2.37. The Bertz CT molecular complexity index is 5740. The van der Waals surface area contributed by atoms with Crippen LogP contribution in [0.4, 0.5) is 66.4 Å². The summed E-state index contributed by atoms with van der Waals surface area (Å²) in [7, 11) is -3.59. The number of carbonyl (C=O) groups excluding carboxylic acids is 6. The van der Waals surface area contributed by atoms with E-state index in [4.69, 9.17) is 85.0 Å². The Kier molecular flexibility index (Phi) is 27.9. The molecule has 129 heavy (non-hydrogen) atoms. The van der Waals surface area contributed by atoms with Crippen molar-refractivity contribution in [2.24, 2.45) is 5.73 Å². The van der Waals surface area contributed by atoms with E-state index in [1.807, 2.05) is 62.3 Å². The number of piperazine rings is 1. The number of nitrogens with two attached hydrogens (primary N) is 1. The number of aromatic nitrogens is 9. The van der Waals surface area contributed by atoms with Crippen LogP contribution in [0, 0.1) is 0 Å². The summed E-state index contributed by atoms with van der Waals surface area (Å²) in [5.41, 5.74) is 12.2. The second kappa shape index (κ2) is 39.4. The first kappa shape index (κ1) is 91.4. The van der Waals surface area contributed by atoms with Gasteiger partial charge in [-0.2, -0.15) is 28.8 Å². The van der Waals surface area contributed by atoms with Crippen LogP contribution in [-0.2, 0) is 24.2 Å². The molecule has 9 aromatic rings. The van der Waals surface area contributed by atoms with Crippen LogP contribution in [0.1, 0.15) is 224 Å². The Morgan fingerprint density at radius 1 is 0.419 bits per heavy atom. The first-order chi connectivity index (χ1) is 61.9. The molecule has 18 rings (SSSR count). The summed E-state index contributed by atoms with van der Waals surface area (Å²) < 4.78 is 48.3. The van der Waals surface area contributed by atoms with E-state index < -0.39 is 27.8 Å². The van der Waals surface area contributed by atoms with E-state index in [0.29, 0.717) is 89.0 Å². The van der Waals surface area contributed by atoms with Gasteiger partial charge in [0.05, 0.1) is 87.4 Å². The molecule has 34 nitrogen and oxygen atoms in total. The number of fused-ring (bicyclic) bond motifs is 3. The number of likely N-dealkylation sites (tertiary alicyclic amines) is 3. The third-order valence-corrected chi connectivity index (χ3v) is 26.2. The lowest BCUT2D eigenvalue weighted by molar-refractivity contribution is 0.0239. The standard InChI is InChI=1S/C34H45ClN8O5.C30H38ClN7O3.C27H35ClN8O3S/c1-22(2)47-32(45)36-25-11-10-23(35)19-24(25)31(44)42-14-7-6-9-27(42)26-20-29-37-28(39-12-8-13-39)21-30(43(29)38-26)40-15-17-41(18-16-40)33(46)48-34(3,4)5;1-20(2)41-30(40)32-23-11-10-21(31)17-22(23)29(39)37-16-7-4-9-25(37)24-18-27-33-26(35-14-8-15-35)19-28(38(27)34-24)36-12-5-3-6-13-36;1-40(38,39)32-21-9-8-18(28)14-20(21)27(37)35-13-3-2-7-23(35)22-15-25-30-24(33-11-5-12-33)16-26(36(25)31-22)34-10-4-6-19(29)17-34/h10-11,19-22,27H,6-9,12-18H2,1-5H3,(H,36,45);10-11,17-20,25H,3-9,12-16H2,1-2H3,(H,32,40);8-9,14-16,19,23,32H,2-7,10-13,17,29H2,1H3/t27-;25-;19?,23-/m000/s1. The molecule has 5 N–H and O–H groups in total. The SMILES string of the molecule is CC(C)OC(=O)Nc1ccc(Cl)cc1C(=O)N1CCCC[C@H]1c1cc2nc(N3CCC3)cc(N3CCCCC3)n2n1.CC(C)OC(=O)Nc1ccc(Cl)cc1C(=O)N1CCCC[C@H]1c1cc2nc(N3CCC3)cc(N3CCN(C(=O)OC(C)(C)C)CC3)n2n1.CS(=O)(=O)Nc1ccc(Cl)cc1C(=O)N1CCCC[C@H]1c1cc2nc(N3CCC3)cc(N3CCCC(N)C3)n2n1. The van der Waals surface area contributed by atoms with Crippen molar-refractivity contribution in [1.82, 2.24) is 63.4 Å². The van der Waals surface area contributed by atoms with Gasteiger partial charge in [-0.1, -0.05) is 34.8 Å². The van der Waals surface area contributed by atoms with Crippen molar-refractivity contribution in [3.63, 3.8) is 0 Å². The predicted molar refractivity (Wildman–Crippen MR) is 501 cm³/mol. The zero-order chi connectivity index (χ0) is 90.7. The maximum Gasteiger partial charge on any atom is 0.411 e. The molecule has 9 fully saturated rings. The van der Waals surface area contributed by atoms with Gasteiger partial charge >= 0.3 is 18.3 Å². The van der Waals surface area contributed by atoms with Crippen LogP contribution in [-0.4, -0.2) is 249 Å². The Hall–Kier alpha value is -10.9. The number of sulfonamides is 1. The molecule has 0 saturated carbocycles. The molecule has 9 aliphatic rings. The molecule has 9 saturated heterocycles. The van der Waals surface area contributed by atoms with Crippen molar-refractivity contribution in [3.8, 4) is 0 Å². The maximum atomic E-state index is 14.2. The van der Waals surface area contributed by atoms with Gasteiger partial charge in [-0.05, 0) is 212 Å². The van der Waals surface area contributed by atoms with Gasteiger partial charge in [0.2, 0.25) is 10.0 Å². The molecule has 6 aromatic heterocycles. The number of anilines is 9. The number of hydrogen-bond acceptors (Lipinski definition) is 24. The summed E-state index contributed by atoms with van der Waals surface area (Å²) in [5.74, 6) is 5.04. The van der Waals surface area contributed by atoms with E-state index in [1.165, 1.54) is 37.8 Å². The fraction of sp³-hybridized carbons (Fsp3) is 0.538. The minimum Gasteiger partial charge on any atom is -0.447 e. The van der Waals surface area contributed by atoms with Crippen LogP contribution in [0.5, 0.6) is 0 Å². The number of rotatable bonds is 18. The minimum atomic E-state index is -3.59. The minimum absolute atomic E-state index is 0.110. The Labute approximate surface area is 767 Å². The van der Waals surface area contributed by atoms with E-state index >= 15 is 0 Å². The Morgan fingerprint density at radius 2 is 0.767 bits per heavy atom. The van der Waals surface area contributed by atoms with Crippen LogP contribution in [0.25, 0.3) is 16.9 Å². The van der Waals surface area contributed by atoms with Crippen molar-refractivity contribution in [2.45, 2.75) is 200 Å². The Balaban J connectivity index is 0.000000143. The van der Waals surface area contributed by atoms with Crippen LogP contribution in [0.3, 0.4) is 0 Å². The van der Waals surface area contributed by atoms with Crippen molar-refractivity contribution in [1.29, 1.82) is 0 Å². The molecule has 15 heterocycles. The van der Waals surface area contributed by atoms with Gasteiger partial charge in [0.1, 0.15) is 40.5 Å². The predicted octanol–water partition coefficient (Wildman–Crippen LogP) is 15.1. The molecule has 0 radical (unpaired) electrons. The summed E-state index contributed by atoms with van der Waals surface area (Å²) in [5, 5.41) is 21.8. The maximum absolute atomic E-state index is 14.2. The van der Waals surface area contributed by atoms with E-state index in [0.717, 1.165) is 218 Å². The van der Waals surface area contributed by atoms with Gasteiger partial charge in [-0.15, -0.1) is 0 Å². The summed E-state index contributed by atoms with van der Waals surface area (Å²) in [6.45, 7) is 26.2. The average molecular weight is 1850 g/mol. The number of halogens is 3. The number of nitrogens with one attached hydrogen (secondary N) is 3. The normalized spacial score (nSPS) is 19.9. The van der Waals surface area contributed by atoms with E-state index in [2.05, 4.69) is 63.0 Å². The molecule has 4 atom stereocenters. The molecule has 9 aliphatic heterocycles. The molecular weight excluding hydrogens is 1730 g/mol. The third kappa shape index (κ3) is 21.4. The fourth-order valence-corrected chi connectivity index (χ4v) is 19.3. The summed E-state index contributed by atoms with van der Waals surface area (Å²) in [6, 6.07) is 26.1. The highest BCUT2D eigenvalue weighted by Crippen LogP contribution is 2.42. The van der Waals surface area contributed by atoms with Gasteiger partial charge in [0.25, 0.3) is 17.7 Å². The highest BCUT2D eigenvalue weighted by Gasteiger charge is 2.39. The molecule has 0 aliphatic carbocycles. The van der Waals surface area contributed by atoms with Crippen LogP contribution < -0.4 is 50.5 Å². The first-order valence-electron chi connectivity index (χ1n) is 45.6. The first-order valence-corrected chi connectivity index (χ1v) is 48.6. The highest BCUT2D eigenvalue weighted by atomic mass is 35.5. The number of hydrogen-bond donors (Lipinski definition) is 4. The summed E-state index contributed by atoms with van der Waals surface area (Å²) in [4.78, 5) is 116. The second-order valence-corrected chi connectivity index (χ2v) is 39.5. The molecule has 690 valence electrons. The van der Waals surface area contributed by atoms with Crippen molar-refractivity contribution in [2.75, 3.05) is 162 Å². The van der Waals surface area contributed by atoms with Gasteiger partial charge in [-0.25, -0.2) is 37.8 Å². The monoisotopic (exact) mass is 1850 g/mol. The average Bonchev–Trinajstić information content (AvgIpc) is 1.64. The molecule has 3 aromatic carbocycles. The zero-order valence-electron chi connectivity index (χ0n) is 74.8. The fourth-order valence-electron chi connectivity index (χ4n) is 18.2. The molecule has 0 spiro atoms. The molecule has 6 amide bonds. The van der Waals surface area contributed by atoms with Crippen molar-refractivity contribution in [3.05, 3.63) is 140 Å². The van der Waals surface area contributed by atoms with Crippen LogP contribution in [0.2, 0.25) is 15.1 Å². The van der Waals surface area contributed by atoms with Crippen LogP contribution >= 0.6 is 34.8 Å². The van der Waals surface area contributed by atoms with Gasteiger partial charge in [-0.3, -0.25) is 29.7 Å². The van der Waals surface area contributed by atoms with E-state index in [1.54, 1.807) is 80.0 Å². The molecule has 0 bridgehead atoms. The van der Waals surface area contributed by atoms with Gasteiger partial charge < -0.3 is 68.9 Å². The largest absolute Gasteiger partial charge is 0.447 e. The van der Waals surface area contributed by atoms with Crippen molar-refractivity contribution >= 4 is 150 Å². The smallest absolute Gasteiger partial charge is 0.411 e.